The van der Waals surface area contributed by atoms with Crippen molar-refractivity contribution in [3.8, 4) is 0 Å². The maximum Gasteiger partial charge on any atom is 0.262 e. The molecule has 0 bridgehead atoms. The zero-order valence-electron chi connectivity index (χ0n) is 14.6. The third kappa shape index (κ3) is 3.31. The monoisotopic (exact) mass is 379 g/mol. The Morgan fingerprint density at radius 3 is 2.63 bits per heavy atom. The van der Waals surface area contributed by atoms with E-state index >= 15 is 0 Å². The van der Waals surface area contributed by atoms with Gasteiger partial charge in [0.25, 0.3) is 5.56 Å². The summed E-state index contributed by atoms with van der Waals surface area (Å²) in [6, 6.07) is 16.7. The number of thioether (sulfide) groups is 1. The number of hydrogen-bond donors (Lipinski definition) is 1. The average molecular weight is 379 g/mol. The summed E-state index contributed by atoms with van der Waals surface area (Å²) in [5, 5.41) is 12.5. The van der Waals surface area contributed by atoms with Crippen LogP contribution in [-0.4, -0.2) is 30.8 Å². The van der Waals surface area contributed by atoms with Crippen LogP contribution in [0.2, 0.25) is 0 Å². The zero-order valence-corrected chi connectivity index (χ0v) is 15.4. The van der Waals surface area contributed by atoms with E-state index in [1.807, 2.05) is 52.9 Å². The number of aromatic nitrogens is 4. The van der Waals surface area contributed by atoms with Gasteiger partial charge >= 0.3 is 0 Å². The van der Waals surface area contributed by atoms with Gasteiger partial charge in [0.1, 0.15) is 0 Å². The van der Waals surface area contributed by atoms with Crippen LogP contribution in [0, 0.1) is 0 Å². The average Bonchev–Trinajstić information content (AvgIpc) is 3.11. The van der Waals surface area contributed by atoms with Crippen LogP contribution in [0.25, 0.3) is 16.7 Å². The molecule has 1 N–H and O–H groups in total. The molecule has 0 aliphatic carbocycles. The molecular formula is C19H17N5O2S. The first-order valence-electron chi connectivity index (χ1n) is 8.46. The molecule has 0 saturated carbocycles. The summed E-state index contributed by atoms with van der Waals surface area (Å²) >= 11 is 1.44. The molecule has 0 unspecified atom stereocenters. The van der Waals surface area contributed by atoms with Crippen molar-refractivity contribution >= 4 is 40.0 Å². The van der Waals surface area contributed by atoms with Crippen molar-refractivity contribution in [3.05, 3.63) is 65.0 Å². The van der Waals surface area contributed by atoms with Gasteiger partial charge in [-0.3, -0.25) is 18.6 Å². The summed E-state index contributed by atoms with van der Waals surface area (Å²) < 4.78 is 3.35. The summed E-state index contributed by atoms with van der Waals surface area (Å²) in [5.41, 5.74) is 1.43. The van der Waals surface area contributed by atoms with Gasteiger partial charge in [-0.05, 0) is 24.3 Å². The Hall–Kier alpha value is -3.13. The first-order valence-corrected chi connectivity index (χ1v) is 9.44. The molecule has 0 fully saturated rings. The van der Waals surface area contributed by atoms with Crippen LogP contribution in [0.1, 0.15) is 6.42 Å². The van der Waals surface area contributed by atoms with Crippen molar-refractivity contribution in [3.63, 3.8) is 0 Å². The number of carbonyl (C=O) groups excluding carboxylic acids is 1. The highest BCUT2D eigenvalue weighted by molar-refractivity contribution is 7.99. The molecule has 0 atom stereocenters. The molecular weight excluding hydrogens is 362 g/mol. The van der Waals surface area contributed by atoms with Gasteiger partial charge in [0.15, 0.2) is 5.16 Å². The number of rotatable bonds is 5. The van der Waals surface area contributed by atoms with Crippen molar-refractivity contribution in [1.29, 1.82) is 0 Å². The van der Waals surface area contributed by atoms with Gasteiger partial charge in [0, 0.05) is 24.9 Å². The number of para-hydroxylation sites is 2. The number of carbonyl (C=O) groups is 1. The molecule has 2 aromatic carbocycles. The summed E-state index contributed by atoms with van der Waals surface area (Å²) in [6.45, 7) is 0. The minimum Gasteiger partial charge on any atom is -0.326 e. The number of aryl methyl sites for hydroxylation is 1. The van der Waals surface area contributed by atoms with E-state index in [1.54, 1.807) is 13.1 Å². The molecule has 0 radical (unpaired) electrons. The van der Waals surface area contributed by atoms with Gasteiger partial charge in [0.2, 0.25) is 11.7 Å². The number of amides is 1. The van der Waals surface area contributed by atoms with Crippen LogP contribution < -0.4 is 10.9 Å². The predicted molar refractivity (Wildman–Crippen MR) is 106 cm³/mol. The molecule has 4 rings (SSSR count). The molecule has 0 aliphatic rings. The van der Waals surface area contributed by atoms with Gasteiger partial charge in [-0.25, -0.2) is 0 Å². The SMILES string of the molecule is Cn1c(=O)c2ccccc2n2c(SCCC(=O)Nc3ccccc3)nnc12. The summed E-state index contributed by atoms with van der Waals surface area (Å²) in [4.78, 5) is 24.6. The lowest BCUT2D eigenvalue weighted by atomic mass is 10.2. The fourth-order valence-electron chi connectivity index (χ4n) is 2.88. The number of hydrogen-bond acceptors (Lipinski definition) is 5. The molecule has 27 heavy (non-hydrogen) atoms. The van der Waals surface area contributed by atoms with E-state index in [0.717, 1.165) is 11.2 Å². The van der Waals surface area contributed by atoms with Crippen molar-refractivity contribution in [2.45, 2.75) is 11.6 Å². The molecule has 0 saturated heterocycles. The predicted octanol–water partition coefficient (Wildman–Crippen LogP) is 2.70. The lowest BCUT2D eigenvalue weighted by Crippen LogP contribution is -2.20. The number of anilines is 1. The van der Waals surface area contributed by atoms with Crippen LogP contribution in [0.5, 0.6) is 0 Å². The highest BCUT2D eigenvalue weighted by Crippen LogP contribution is 2.21. The van der Waals surface area contributed by atoms with Gasteiger partial charge < -0.3 is 5.32 Å². The lowest BCUT2D eigenvalue weighted by molar-refractivity contribution is -0.115. The highest BCUT2D eigenvalue weighted by atomic mass is 32.2. The van der Waals surface area contributed by atoms with Crippen LogP contribution in [-0.2, 0) is 11.8 Å². The van der Waals surface area contributed by atoms with E-state index in [-0.39, 0.29) is 11.5 Å². The van der Waals surface area contributed by atoms with Crippen LogP contribution in [0.4, 0.5) is 5.69 Å². The van der Waals surface area contributed by atoms with Crippen molar-refractivity contribution in [1.82, 2.24) is 19.2 Å². The second-order valence-electron chi connectivity index (χ2n) is 6.01. The van der Waals surface area contributed by atoms with Gasteiger partial charge in [0.05, 0.1) is 10.9 Å². The highest BCUT2D eigenvalue weighted by Gasteiger charge is 2.15. The van der Waals surface area contributed by atoms with Gasteiger partial charge in [-0.1, -0.05) is 42.1 Å². The molecule has 7 nitrogen and oxygen atoms in total. The van der Waals surface area contributed by atoms with E-state index in [1.165, 1.54) is 16.3 Å². The van der Waals surface area contributed by atoms with Crippen molar-refractivity contribution in [2.75, 3.05) is 11.1 Å². The van der Waals surface area contributed by atoms with Crippen LogP contribution in [0.3, 0.4) is 0 Å². The number of nitrogens with zero attached hydrogens (tertiary/aromatic N) is 4. The molecule has 2 aromatic heterocycles. The van der Waals surface area contributed by atoms with Gasteiger partial charge in [-0.2, -0.15) is 0 Å². The quantitative estimate of drug-likeness (QED) is 0.539. The molecule has 0 spiro atoms. The normalized spacial score (nSPS) is 11.1. The second-order valence-corrected chi connectivity index (χ2v) is 7.07. The number of nitrogens with one attached hydrogen (secondary N) is 1. The third-order valence-electron chi connectivity index (χ3n) is 4.21. The lowest BCUT2D eigenvalue weighted by Gasteiger charge is -2.07. The van der Waals surface area contributed by atoms with E-state index in [9.17, 15) is 9.59 Å². The molecule has 2 heterocycles. The third-order valence-corrected chi connectivity index (χ3v) is 5.14. The van der Waals surface area contributed by atoms with Crippen LogP contribution in [0.15, 0.2) is 64.5 Å². The molecule has 0 aliphatic heterocycles. The molecule has 1 amide bonds. The van der Waals surface area contributed by atoms with E-state index < -0.39 is 0 Å². The summed E-state index contributed by atoms with van der Waals surface area (Å²) in [7, 11) is 1.68. The maximum absolute atomic E-state index is 12.5. The van der Waals surface area contributed by atoms with Crippen LogP contribution >= 0.6 is 11.8 Å². The fourth-order valence-corrected chi connectivity index (χ4v) is 3.76. The molecule has 4 aromatic rings. The van der Waals surface area contributed by atoms with Gasteiger partial charge in [-0.15, -0.1) is 10.2 Å². The van der Waals surface area contributed by atoms with E-state index in [2.05, 4.69) is 15.5 Å². The topological polar surface area (TPSA) is 81.3 Å². The minimum absolute atomic E-state index is 0.0558. The summed E-state index contributed by atoms with van der Waals surface area (Å²) in [5.74, 6) is 0.978. The zero-order chi connectivity index (χ0) is 18.8. The molecule has 8 heteroatoms. The van der Waals surface area contributed by atoms with Crippen molar-refractivity contribution < 1.29 is 4.79 Å². The summed E-state index contributed by atoms with van der Waals surface area (Å²) in [6.07, 6.45) is 0.345. The fraction of sp³-hybridized carbons (Fsp3) is 0.158. The van der Waals surface area contributed by atoms with E-state index in [4.69, 9.17) is 0 Å². The Morgan fingerprint density at radius 1 is 1.07 bits per heavy atom. The largest absolute Gasteiger partial charge is 0.326 e. The number of fused-ring (bicyclic) bond motifs is 3. The minimum atomic E-state index is -0.107. The Morgan fingerprint density at radius 2 is 1.81 bits per heavy atom. The Labute approximate surface area is 159 Å². The smallest absolute Gasteiger partial charge is 0.262 e. The maximum atomic E-state index is 12.5. The van der Waals surface area contributed by atoms with E-state index in [0.29, 0.717) is 28.5 Å². The first-order chi connectivity index (χ1) is 13.1. The Bertz CT molecular complexity index is 1180. The standard InChI is InChI=1S/C19H17N5O2S/c1-23-17(26)14-9-5-6-10-15(14)24-18(23)21-22-19(24)27-12-11-16(25)20-13-7-3-2-4-8-13/h2-10H,11-12H2,1H3,(H,20,25). The Kier molecular flexibility index (Phi) is 4.64. The number of benzene rings is 2. The first kappa shape index (κ1) is 17.3. The Balaban J connectivity index is 1.55. The second kappa shape index (κ2) is 7.24. The van der Waals surface area contributed by atoms with Crippen molar-refractivity contribution in [2.24, 2.45) is 7.05 Å². The molecule has 136 valence electrons.